The maximum atomic E-state index is 5.95. The number of hydrogen-bond donors (Lipinski definition) is 2. The van der Waals surface area contributed by atoms with Crippen molar-refractivity contribution in [3.63, 3.8) is 0 Å². The summed E-state index contributed by atoms with van der Waals surface area (Å²) in [5.74, 6) is 1.34. The van der Waals surface area contributed by atoms with Crippen molar-refractivity contribution in [3.8, 4) is 11.5 Å². The number of para-hydroxylation sites is 1. The Labute approximate surface area is 197 Å². The largest absolute Gasteiger partial charge is 0.492 e. The van der Waals surface area contributed by atoms with Gasteiger partial charge in [-0.05, 0) is 65.6 Å². The molecule has 0 aliphatic heterocycles. The minimum absolute atomic E-state index is 0.372. The molecule has 0 spiro atoms. The summed E-state index contributed by atoms with van der Waals surface area (Å²) in [4.78, 5) is 7.53. The number of methoxy groups -OCH3 is 1. The summed E-state index contributed by atoms with van der Waals surface area (Å²) in [5.41, 5.74) is 5.74. The first-order chi connectivity index (χ1) is 16.8. The zero-order chi connectivity index (χ0) is 23.2. The third-order valence-electron chi connectivity index (χ3n) is 5.40. The van der Waals surface area contributed by atoms with Gasteiger partial charge in [0.2, 0.25) is 0 Å². The van der Waals surface area contributed by atoms with Crippen molar-refractivity contribution in [2.45, 2.75) is 6.61 Å². The van der Waals surface area contributed by atoms with Crippen molar-refractivity contribution >= 4 is 35.2 Å². The van der Waals surface area contributed by atoms with Crippen LogP contribution in [-0.2, 0) is 6.61 Å². The van der Waals surface area contributed by atoms with E-state index in [1.54, 1.807) is 13.3 Å². The molecule has 0 fully saturated rings. The zero-order valence-corrected chi connectivity index (χ0v) is 18.7. The lowest BCUT2D eigenvalue weighted by Gasteiger charge is -2.12. The first-order valence-corrected chi connectivity index (χ1v) is 11.0. The minimum atomic E-state index is 0.372. The van der Waals surface area contributed by atoms with Crippen molar-refractivity contribution < 1.29 is 9.47 Å². The molecular weight excluding hydrogens is 424 g/mol. The maximum Gasteiger partial charge on any atom is 0.167 e. The average molecular weight is 449 g/mol. The SMILES string of the molecule is COc1c(/C=C/c2cc(/C=C/c3ccc4cc[nH]c4c3)n[nH]2)cccc1OCc1ccccn1. The second kappa shape index (κ2) is 9.92. The molecule has 2 aromatic carbocycles. The van der Waals surface area contributed by atoms with Crippen LogP contribution in [-0.4, -0.2) is 27.3 Å². The lowest BCUT2D eigenvalue weighted by atomic mass is 10.1. The number of pyridine rings is 1. The fourth-order valence-electron chi connectivity index (χ4n) is 3.69. The third-order valence-corrected chi connectivity index (χ3v) is 5.40. The highest BCUT2D eigenvalue weighted by atomic mass is 16.5. The van der Waals surface area contributed by atoms with E-state index in [0.717, 1.165) is 33.7 Å². The number of H-pyrrole nitrogens is 2. The summed E-state index contributed by atoms with van der Waals surface area (Å²) in [6.45, 7) is 0.372. The van der Waals surface area contributed by atoms with Crippen LogP contribution in [0, 0.1) is 0 Å². The molecule has 168 valence electrons. The highest BCUT2D eigenvalue weighted by Crippen LogP contribution is 2.32. The normalized spacial score (nSPS) is 11.6. The summed E-state index contributed by atoms with van der Waals surface area (Å²) in [6, 6.07) is 21.9. The lowest BCUT2D eigenvalue weighted by Crippen LogP contribution is -2.00. The van der Waals surface area contributed by atoms with Crippen molar-refractivity contribution in [2.24, 2.45) is 0 Å². The first kappa shape index (κ1) is 21.3. The van der Waals surface area contributed by atoms with E-state index in [4.69, 9.17) is 9.47 Å². The molecule has 6 nitrogen and oxygen atoms in total. The van der Waals surface area contributed by atoms with E-state index in [9.17, 15) is 0 Å². The van der Waals surface area contributed by atoms with Gasteiger partial charge in [0.1, 0.15) is 6.61 Å². The average Bonchev–Trinajstić information content (AvgIpc) is 3.54. The molecule has 0 radical (unpaired) electrons. The van der Waals surface area contributed by atoms with E-state index >= 15 is 0 Å². The van der Waals surface area contributed by atoms with E-state index in [-0.39, 0.29) is 0 Å². The van der Waals surface area contributed by atoms with E-state index in [1.165, 1.54) is 5.39 Å². The Morgan fingerprint density at radius 1 is 0.912 bits per heavy atom. The van der Waals surface area contributed by atoms with E-state index in [2.05, 4.69) is 50.5 Å². The monoisotopic (exact) mass is 448 g/mol. The number of ether oxygens (including phenoxy) is 2. The molecule has 0 amide bonds. The highest BCUT2D eigenvalue weighted by molar-refractivity contribution is 5.83. The number of benzene rings is 2. The van der Waals surface area contributed by atoms with Crippen molar-refractivity contribution in [1.29, 1.82) is 0 Å². The van der Waals surface area contributed by atoms with Crippen LogP contribution in [0.15, 0.2) is 79.1 Å². The molecule has 2 N–H and O–H groups in total. The zero-order valence-electron chi connectivity index (χ0n) is 18.7. The maximum absolute atomic E-state index is 5.95. The second-order valence-corrected chi connectivity index (χ2v) is 7.73. The Balaban J connectivity index is 1.28. The molecule has 0 saturated heterocycles. The molecule has 0 unspecified atom stereocenters. The second-order valence-electron chi connectivity index (χ2n) is 7.73. The van der Waals surface area contributed by atoms with Crippen molar-refractivity contribution in [2.75, 3.05) is 7.11 Å². The molecule has 34 heavy (non-hydrogen) atoms. The van der Waals surface area contributed by atoms with Crippen LogP contribution in [0.5, 0.6) is 11.5 Å². The molecule has 5 rings (SSSR count). The van der Waals surface area contributed by atoms with Crippen molar-refractivity contribution in [1.82, 2.24) is 20.2 Å². The van der Waals surface area contributed by atoms with E-state index in [1.807, 2.05) is 66.9 Å². The number of aromatic nitrogens is 4. The van der Waals surface area contributed by atoms with Gasteiger partial charge in [-0.15, -0.1) is 0 Å². The van der Waals surface area contributed by atoms with Gasteiger partial charge in [-0.25, -0.2) is 0 Å². The van der Waals surface area contributed by atoms with E-state index < -0.39 is 0 Å². The molecular formula is C28H24N4O2. The molecule has 5 aromatic rings. The number of nitrogens with one attached hydrogen (secondary N) is 2. The number of fused-ring (bicyclic) bond motifs is 1. The molecule has 3 heterocycles. The van der Waals surface area contributed by atoms with Gasteiger partial charge in [-0.1, -0.05) is 36.4 Å². The number of rotatable bonds is 8. The topological polar surface area (TPSA) is 75.8 Å². The molecule has 0 aliphatic rings. The quantitative estimate of drug-likeness (QED) is 0.296. The van der Waals surface area contributed by atoms with Gasteiger partial charge in [0.05, 0.1) is 24.2 Å². The summed E-state index contributed by atoms with van der Waals surface area (Å²) >= 11 is 0. The van der Waals surface area contributed by atoms with Gasteiger partial charge >= 0.3 is 0 Å². The Bertz CT molecular complexity index is 1450. The molecule has 0 saturated carbocycles. The first-order valence-electron chi connectivity index (χ1n) is 11.0. The standard InChI is InChI=1S/C28H24N4O2/c1-33-28-22(5-4-7-27(28)34-19-25-6-2-3-15-29-25)11-13-24-18-23(31-32-24)12-9-20-8-10-21-14-16-30-26(21)17-20/h2-18,30H,19H2,1H3,(H,31,32)/b12-9+,13-11+. The van der Waals surface area contributed by atoms with Gasteiger partial charge in [0, 0.05) is 23.5 Å². The summed E-state index contributed by atoms with van der Waals surface area (Å²) in [5, 5.41) is 8.65. The van der Waals surface area contributed by atoms with Crippen LogP contribution in [0.3, 0.4) is 0 Å². The molecule has 0 aliphatic carbocycles. The fourth-order valence-corrected chi connectivity index (χ4v) is 3.69. The summed E-state index contributed by atoms with van der Waals surface area (Å²) in [7, 11) is 1.64. The van der Waals surface area contributed by atoms with Gasteiger partial charge in [0.15, 0.2) is 11.5 Å². The van der Waals surface area contributed by atoms with Crippen LogP contribution in [0.4, 0.5) is 0 Å². The van der Waals surface area contributed by atoms with E-state index in [0.29, 0.717) is 18.1 Å². The van der Waals surface area contributed by atoms with Crippen LogP contribution in [0.25, 0.3) is 35.2 Å². The smallest absolute Gasteiger partial charge is 0.167 e. The molecule has 0 atom stereocenters. The number of nitrogens with zero attached hydrogens (tertiary/aromatic N) is 2. The Hall–Kier alpha value is -4.58. The molecule has 6 heteroatoms. The van der Waals surface area contributed by atoms with Crippen molar-refractivity contribution in [3.05, 3.63) is 107 Å². The van der Waals surface area contributed by atoms with Crippen LogP contribution in [0.1, 0.15) is 28.2 Å². The predicted octanol–water partition coefficient (Wildman–Crippen LogP) is 6.21. The molecule has 0 bridgehead atoms. The van der Waals surface area contributed by atoms with Crippen LogP contribution < -0.4 is 9.47 Å². The van der Waals surface area contributed by atoms with Gasteiger partial charge < -0.3 is 14.5 Å². The summed E-state index contributed by atoms with van der Waals surface area (Å²) < 4.78 is 11.6. The summed E-state index contributed by atoms with van der Waals surface area (Å²) in [6.07, 6.45) is 11.7. The highest BCUT2D eigenvalue weighted by Gasteiger charge is 2.09. The Morgan fingerprint density at radius 3 is 2.76 bits per heavy atom. The number of aromatic amines is 2. The Kier molecular flexibility index (Phi) is 6.21. The number of hydrogen-bond acceptors (Lipinski definition) is 4. The lowest BCUT2D eigenvalue weighted by molar-refractivity contribution is 0.280. The van der Waals surface area contributed by atoms with Crippen LogP contribution in [0.2, 0.25) is 0 Å². The van der Waals surface area contributed by atoms with Gasteiger partial charge in [-0.2, -0.15) is 5.10 Å². The van der Waals surface area contributed by atoms with Crippen LogP contribution >= 0.6 is 0 Å². The Morgan fingerprint density at radius 2 is 1.88 bits per heavy atom. The molecule has 3 aromatic heterocycles. The predicted molar refractivity (Wildman–Crippen MR) is 136 cm³/mol. The third kappa shape index (κ3) is 4.91. The minimum Gasteiger partial charge on any atom is -0.492 e. The fraction of sp³-hybridized carbons (Fsp3) is 0.0714. The van der Waals surface area contributed by atoms with Gasteiger partial charge in [-0.3, -0.25) is 10.1 Å². The van der Waals surface area contributed by atoms with Gasteiger partial charge in [0.25, 0.3) is 0 Å².